The first-order chi connectivity index (χ1) is 30.7. The van der Waals surface area contributed by atoms with Gasteiger partial charge < -0.3 is 4.57 Å². The molecule has 4 heterocycles. The molecule has 0 unspecified atom stereocenters. The smallest absolute Gasteiger partial charge is 0.238 e. The van der Waals surface area contributed by atoms with Gasteiger partial charge in [0.15, 0.2) is 17.5 Å². The van der Waals surface area contributed by atoms with Crippen LogP contribution >= 0.6 is 0 Å². The molecule has 0 saturated heterocycles. The summed E-state index contributed by atoms with van der Waals surface area (Å²) >= 11 is 0. The summed E-state index contributed by atoms with van der Waals surface area (Å²) in [4.78, 5) is 26.0. The molecule has 4 aromatic heterocycles. The Morgan fingerprint density at radius 1 is 0.290 bits per heavy atom. The molecule has 0 saturated carbocycles. The van der Waals surface area contributed by atoms with Gasteiger partial charge in [-0.25, -0.2) is 15.0 Å². The topological polar surface area (TPSA) is 74.3 Å². The minimum atomic E-state index is 0.529. The lowest BCUT2D eigenvalue weighted by Gasteiger charge is -2.12. The molecular weight excluding hydrogens is 759 g/mol. The van der Waals surface area contributed by atoms with Crippen LogP contribution in [0.4, 0.5) is 0 Å². The maximum Gasteiger partial charge on any atom is 0.238 e. The van der Waals surface area contributed by atoms with Gasteiger partial charge in [0.25, 0.3) is 0 Å². The second kappa shape index (κ2) is 14.6. The molecule has 0 spiro atoms. The second-order valence-electron chi connectivity index (χ2n) is 15.3. The number of hydrogen-bond donors (Lipinski definition) is 0. The number of fused-ring (bicyclic) bond motifs is 7. The Bertz CT molecular complexity index is 3560. The van der Waals surface area contributed by atoms with E-state index < -0.39 is 0 Å². The van der Waals surface area contributed by atoms with Gasteiger partial charge in [-0.3, -0.25) is 4.57 Å². The normalized spacial score (nSPS) is 11.5. The lowest BCUT2D eigenvalue weighted by molar-refractivity contribution is 0.953. The Kier molecular flexibility index (Phi) is 8.35. The average Bonchev–Trinajstić information content (AvgIpc) is 3.88. The van der Waals surface area contributed by atoms with Crippen molar-refractivity contribution in [3.8, 4) is 68.3 Å². The predicted molar refractivity (Wildman–Crippen MR) is 251 cm³/mol. The third-order valence-electron chi connectivity index (χ3n) is 11.6. The van der Waals surface area contributed by atoms with Crippen LogP contribution in [0, 0.1) is 0 Å². The van der Waals surface area contributed by atoms with Gasteiger partial charge in [-0.05, 0) is 42.5 Å². The monoisotopic (exact) mass is 793 g/mol. The quantitative estimate of drug-likeness (QED) is 0.161. The van der Waals surface area contributed by atoms with E-state index in [9.17, 15) is 0 Å². The summed E-state index contributed by atoms with van der Waals surface area (Å²) in [5, 5.41) is 4.64. The van der Waals surface area contributed by atoms with Crippen LogP contribution < -0.4 is 0 Å². The zero-order valence-electron chi connectivity index (χ0n) is 33.3. The average molecular weight is 794 g/mol. The summed E-state index contributed by atoms with van der Waals surface area (Å²) < 4.78 is 4.58. The summed E-state index contributed by atoms with van der Waals surface area (Å²) in [6.07, 6.45) is 0. The standard InChI is InChI=1S/C55H35N7/c1-5-18-36(19-6-1)45-35-46(37-20-7-2-8-21-37)57-53(56-45)39-24-17-25-40(34-39)54-58-52(38-22-9-3-10-23-38)59-55(60-54)62-48-31-16-14-29-44(48)50-49(62)33-32-43-42-28-13-15-30-47(42)61(51(43)50)41-26-11-4-12-27-41/h1-35H. The molecule has 62 heavy (non-hydrogen) atoms. The molecule has 0 atom stereocenters. The highest BCUT2D eigenvalue weighted by atomic mass is 15.2. The number of nitrogens with zero attached hydrogens (tertiary/aromatic N) is 7. The molecule has 0 aliphatic heterocycles. The first kappa shape index (κ1) is 35.4. The molecule has 8 aromatic carbocycles. The zero-order valence-corrected chi connectivity index (χ0v) is 33.3. The summed E-state index contributed by atoms with van der Waals surface area (Å²) in [6, 6.07) is 73.1. The third-order valence-corrected chi connectivity index (χ3v) is 11.6. The van der Waals surface area contributed by atoms with Gasteiger partial charge in [0, 0.05) is 55.0 Å². The predicted octanol–water partition coefficient (Wildman–Crippen LogP) is 13.2. The first-order valence-electron chi connectivity index (χ1n) is 20.7. The van der Waals surface area contributed by atoms with Crippen molar-refractivity contribution < 1.29 is 0 Å². The van der Waals surface area contributed by atoms with Gasteiger partial charge in [-0.1, -0.05) is 170 Å². The second-order valence-corrected chi connectivity index (χ2v) is 15.3. The van der Waals surface area contributed by atoms with Gasteiger partial charge >= 0.3 is 0 Å². The van der Waals surface area contributed by atoms with E-state index in [2.05, 4.69) is 137 Å². The van der Waals surface area contributed by atoms with E-state index in [-0.39, 0.29) is 0 Å². The van der Waals surface area contributed by atoms with Crippen LogP contribution in [0.25, 0.3) is 112 Å². The summed E-state index contributed by atoms with van der Waals surface area (Å²) in [5.74, 6) is 2.27. The lowest BCUT2D eigenvalue weighted by atomic mass is 10.1. The number of rotatable bonds is 7. The molecule has 0 radical (unpaired) electrons. The molecule has 0 N–H and O–H groups in total. The molecule has 12 rings (SSSR count). The summed E-state index contributed by atoms with van der Waals surface area (Å²) in [7, 11) is 0. The molecule has 7 nitrogen and oxygen atoms in total. The molecule has 0 aliphatic carbocycles. The maximum atomic E-state index is 5.33. The van der Waals surface area contributed by atoms with Crippen molar-refractivity contribution in [2.75, 3.05) is 0 Å². The lowest BCUT2D eigenvalue weighted by Crippen LogP contribution is -2.06. The van der Waals surface area contributed by atoms with Crippen LogP contribution in [0.15, 0.2) is 212 Å². The van der Waals surface area contributed by atoms with E-state index in [1.54, 1.807) is 0 Å². The third kappa shape index (κ3) is 5.94. The summed E-state index contributed by atoms with van der Waals surface area (Å²) in [5.41, 5.74) is 11.7. The Morgan fingerprint density at radius 3 is 1.40 bits per heavy atom. The van der Waals surface area contributed by atoms with Crippen LogP contribution in [0.5, 0.6) is 0 Å². The molecule has 0 aliphatic rings. The number of hydrogen-bond acceptors (Lipinski definition) is 5. The summed E-state index contributed by atoms with van der Waals surface area (Å²) in [6.45, 7) is 0. The Labute approximate surface area is 356 Å². The Hall–Kier alpha value is -8.55. The SMILES string of the molecule is c1ccc(-c2cc(-c3ccccc3)nc(-c3cccc(-c4nc(-c5ccccc5)nc(-n5c6ccccc6c6c5ccc5c7ccccc7n(-c7ccccc7)c56)n4)c3)n2)cc1. The fourth-order valence-corrected chi connectivity index (χ4v) is 8.77. The van der Waals surface area contributed by atoms with Gasteiger partial charge in [0.05, 0.1) is 33.5 Å². The van der Waals surface area contributed by atoms with E-state index in [0.29, 0.717) is 23.4 Å². The van der Waals surface area contributed by atoms with Crippen molar-refractivity contribution in [3.05, 3.63) is 212 Å². The fourth-order valence-electron chi connectivity index (χ4n) is 8.77. The molecular formula is C55H35N7. The molecule has 0 fully saturated rings. The Morgan fingerprint density at radius 2 is 0.774 bits per heavy atom. The molecule has 0 amide bonds. The minimum Gasteiger partial charge on any atom is -0.309 e. The van der Waals surface area contributed by atoms with Crippen LogP contribution in [0.2, 0.25) is 0 Å². The number of aromatic nitrogens is 7. The van der Waals surface area contributed by atoms with E-state index >= 15 is 0 Å². The largest absolute Gasteiger partial charge is 0.309 e. The van der Waals surface area contributed by atoms with Crippen molar-refractivity contribution in [2.24, 2.45) is 0 Å². The Balaban J connectivity index is 1.09. The van der Waals surface area contributed by atoms with E-state index in [4.69, 9.17) is 24.9 Å². The van der Waals surface area contributed by atoms with Crippen molar-refractivity contribution in [2.45, 2.75) is 0 Å². The van der Waals surface area contributed by atoms with Crippen molar-refractivity contribution in [1.82, 2.24) is 34.1 Å². The van der Waals surface area contributed by atoms with E-state index in [0.717, 1.165) is 77.7 Å². The van der Waals surface area contributed by atoms with Crippen molar-refractivity contribution >= 4 is 43.6 Å². The molecule has 12 aromatic rings. The van der Waals surface area contributed by atoms with Crippen LogP contribution in [-0.2, 0) is 0 Å². The van der Waals surface area contributed by atoms with Crippen molar-refractivity contribution in [1.29, 1.82) is 0 Å². The van der Waals surface area contributed by atoms with Gasteiger partial charge in [-0.15, -0.1) is 0 Å². The van der Waals surface area contributed by atoms with Gasteiger partial charge in [0.2, 0.25) is 5.95 Å². The van der Waals surface area contributed by atoms with Gasteiger partial charge in [0.1, 0.15) is 0 Å². The highest BCUT2D eigenvalue weighted by molar-refractivity contribution is 6.26. The highest BCUT2D eigenvalue weighted by Crippen LogP contribution is 2.42. The van der Waals surface area contributed by atoms with Crippen molar-refractivity contribution in [3.63, 3.8) is 0 Å². The van der Waals surface area contributed by atoms with E-state index in [1.807, 2.05) is 84.9 Å². The fraction of sp³-hybridized carbons (Fsp3) is 0. The number of para-hydroxylation sites is 3. The van der Waals surface area contributed by atoms with Gasteiger partial charge in [-0.2, -0.15) is 9.97 Å². The van der Waals surface area contributed by atoms with E-state index in [1.165, 1.54) is 10.8 Å². The molecule has 7 heteroatoms. The first-order valence-corrected chi connectivity index (χ1v) is 20.7. The molecule has 290 valence electrons. The maximum absolute atomic E-state index is 5.33. The molecule has 0 bridgehead atoms. The van der Waals surface area contributed by atoms with Crippen LogP contribution in [0.3, 0.4) is 0 Å². The highest BCUT2D eigenvalue weighted by Gasteiger charge is 2.23. The van der Waals surface area contributed by atoms with Crippen LogP contribution in [-0.4, -0.2) is 34.1 Å². The van der Waals surface area contributed by atoms with Crippen LogP contribution in [0.1, 0.15) is 0 Å². The zero-order chi connectivity index (χ0) is 41.0. The minimum absolute atomic E-state index is 0.529. The number of benzene rings is 8.